The van der Waals surface area contributed by atoms with E-state index in [1.165, 1.54) is 0 Å². The molecule has 108 valence electrons. The Bertz CT molecular complexity index is 561. The van der Waals surface area contributed by atoms with Crippen molar-refractivity contribution < 1.29 is 13.8 Å². The van der Waals surface area contributed by atoms with Gasteiger partial charge in [0.05, 0.1) is 0 Å². The highest BCUT2D eigenvalue weighted by atomic mass is 16.5. The lowest BCUT2D eigenvalue weighted by atomic mass is 10.2. The molecule has 2 rings (SSSR count). The number of rotatable bonds is 7. The average Bonchev–Trinajstić information content (AvgIpc) is 3.08. The first kappa shape index (κ1) is 14.2. The highest BCUT2D eigenvalue weighted by Gasteiger charge is 2.12. The van der Waals surface area contributed by atoms with Gasteiger partial charge in [0, 0.05) is 31.9 Å². The molecule has 7 nitrogen and oxygen atoms in total. The third-order valence-corrected chi connectivity index (χ3v) is 2.74. The molecule has 0 atom stereocenters. The van der Waals surface area contributed by atoms with Crippen LogP contribution in [0.3, 0.4) is 0 Å². The van der Waals surface area contributed by atoms with Crippen LogP contribution >= 0.6 is 0 Å². The van der Waals surface area contributed by atoms with Crippen molar-refractivity contribution in [1.29, 1.82) is 0 Å². The maximum absolute atomic E-state index is 11.8. The van der Waals surface area contributed by atoms with E-state index in [0.29, 0.717) is 30.4 Å². The Kier molecular flexibility index (Phi) is 4.86. The van der Waals surface area contributed by atoms with Gasteiger partial charge < -0.3 is 14.4 Å². The number of hydrogen-bond acceptors (Lipinski definition) is 6. The van der Waals surface area contributed by atoms with Crippen LogP contribution in [0.2, 0.25) is 0 Å². The standard InChI is InChI=1S/C13H18N4O3/c1-3-5-9-8-10(16-19-9)13(18)14-7-6-12-15-11(4-2)17-20-12/h8H,3-7H2,1-2H3,(H,14,18). The smallest absolute Gasteiger partial charge is 0.273 e. The summed E-state index contributed by atoms with van der Waals surface area (Å²) in [5, 5.41) is 10.3. The SMILES string of the molecule is CCCc1cc(C(=O)NCCc2nc(CC)no2)no1. The van der Waals surface area contributed by atoms with Crippen molar-refractivity contribution in [2.24, 2.45) is 0 Å². The maximum Gasteiger partial charge on any atom is 0.273 e. The van der Waals surface area contributed by atoms with Crippen LogP contribution in [-0.2, 0) is 19.3 Å². The van der Waals surface area contributed by atoms with Gasteiger partial charge in [0.15, 0.2) is 11.5 Å². The number of nitrogens with one attached hydrogen (secondary N) is 1. The molecule has 0 bridgehead atoms. The van der Waals surface area contributed by atoms with Crippen molar-refractivity contribution in [2.75, 3.05) is 6.54 Å². The predicted molar refractivity (Wildman–Crippen MR) is 70.2 cm³/mol. The summed E-state index contributed by atoms with van der Waals surface area (Å²) >= 11 is 0. The van der Waals surface area contributed by atoms with E-state index in [-0.39, 0.29) is 5.91 Å². The molecule has 0 radical (unpaired) electrons. The van der Waals surface area contributed by atoms with Crippen molar-refractivity contribution in [3.05, 3.63) is 29.2 Å². The fourth-order valence-electron chi connectivity index (χ4n) is 1.69. The van der Waals surface area contributed by atoms with E-state index < -0.39 is 0 Å². The van der Waals surface area contributed by atoms with Crippen LogP contribution < -0.4 is 5.32 Å². The molecule has 0 unspecified atom stereocenters. The molecule has 2 aromatic rings. The second kappa shape index (κ2) is 6.83. The Labute approximate surface area is 116 Å². The summed E-state index contributed by atoms with van der Waals surface area (Å²) in [4.78, 5) is 16.0. The third-order valence-electron chi connectivity index (χ3n) is 2.74. The van der Waals surface area contributed by atoms with Gasteiger partial charge in [0.1, 0.15) is 5.76 Å². The van der Waals surface area contributed by atoms with Crippen LogP contribution in [-0.4, -0.2) is 27.7 Å². The minimum atomic E-state index is -0.258. The number of aryl methyl sites for hydroxylation is 2. The number of amides is 1. The van der Waals surface area contributed by atoms with Gasteiger partial charge >= 0.3 is 0 Å². The van der Waals surface area contributed by atoms with Crippen LogP contribution in [0.15, 0.2) is 15.1 Å². The molecule has 0 fully saturated rings. The van der Waals surface area contributed by atoms with Crippen LogP contribution in [0, 0.1) is 0 Å². The predicted octanol–water partition coefficient (Wildman–Crippen LogP) is 1.54. The van der Waals surface area contributed by atoms with Crippen molar-refractivity contribution in [3.63, 3.8) is 0 Å². The zero-order chi connectivity index (χ0) is 14.4. The van der Waals surface area contributed by atoms with Crippen molar-refractivity contribution in [2.45, 2.75) is 39.5 Å². The molecule has 1 N–H and O–H groups in total. The van der Waals surface area contributed by atoms with Gasteiger partial charge in [0.2, 0.25) is 5.89 Å². The fraction of sp³-hybridized carbons (Fsp3) is 0.538. The van der Waals surface area contributed by atoms with Crippen LogP contribution in [0.1, 0.15) is 48.2 Å². The zero-order valence-corrected chi connectivity index (χ0v) is 11.7. The average molecular weight is 278 g/mol. The fourth-order valence-corrected chi connectivity index (χ4v) is 1.69. The molecular formula is C13H18N4O3. The largest absolute Gasteiger partial charge is 0.361 e. The Morgan fingerprint density at radius 2 is 2.10 bits per heavy atom. The van der Waals surface area contributed by atoms with Gasteiger partial charge in [-0.3, -0.25) is 4.79 Å². The van der Waals surface area contributed by atoms with E-state index >= 15 is 0 Å². The molecule has 0 aromatic carbocycles. The second-order valence-electron chi connectivity index (χ2n) is 4.39. The van der Waals surface area contributed by atoms with Crippen molar-refractivity contribution in [1.82, 2.24) is 20.6 Å². The van der Waals surface area contributed by atoms with E-state index in [0.717, 1.165) is 25.0 Å². The molecule has 2 aromatic heterocycles. The molecule has 0 aliphatic heterocycles. The summed E-state index contributed by atoms with van der Waals surface area (Å²) in [5.74, 6) is 1.66. The highest BCUT2D eigenvalue weighted by molar-refractivity contribution is 5.92. The van der Waals surface area contributed by atoms with E-state index in [1.807, 2.05) is 13.8 Å². The quantitative estimate of drug-likeness (QED) is 0.825. The van der Waals surface area contributed by atoms with Gasteiger partial charge in [0.25, 0.3) is 5.91 Å². The molecule has 0 saturated heterocycles. The molecule has 20 heavy (non-hydrogen) atoms. The number of carbonyl (C=O) groups excluding carboxylic acids is 1. The molecule has 1 amide bonds. The summed E-state index contributed by atoms with van der Waals surface area (Å²) in [5.41, 5.74) is 0.299. The molecule has 0 saturated carbocycles. The topological polar surface area (TPSA) is 94.1 Å². The summed E-state index contributed by atoms with van der Waals surface area (Å²) < 4.78 is 10.1. The first-order chi connectivity index (χ1) is 9.72. The Morgan fingerprint density at radius 1 is 1.25 bits per heavy atom. The second-order valence-corrected chi connectivity index (χ2v) is 4.39. The summed E-state index contributed by atoms with van der Waals surface area (Å²) in [6.07, 6.45) is 2.96. The van der Waals surface area contributed by atoms with Crippen LogP contribution in [0.4, 0.5) is 0 Å². The van der Waals surface area contributed by atoms with Crippen molar-refractivity contribution in [3.8, 4) is 0 Å². The lowest BCUT2D eigenvalue weighted by molar-refractivity contribution is 0.0944. The van der Waals surface area contributed by atoms with Crippen LogP contribution in [0.5, 0.6) is 0 Å². The minimum Gasteiger partial charge on any atom is -0.361 e. The lowest BCUT2D eigenvalue weighted by Gasteiger charge is -1.98. The highest BCUT2D eigenvalue weighted by Crippen LogP contribution is 2.06. The Balaban J connectivity index is 1.79. The molecular weight excluding hydrogens is 260 g/mol. The summed E-state index contributed by atoms with van der Waals surface area (Å²) in [6.45, 7) is 4.41. The molecule has 7 heteroatoms. The Hall–Kier alpha value is -2.18. The normalized spacial score (nSPS) is 10.7. The molecule has 0 aliphatic carbocycles. The number of carbonyl (C=O) groups is 1. The monoisotopic (exact) mass is 278 g/mol. The first-order valence-electron chi connectivity index (χ1n) is 6.78. The van der Waals surface area contributed by atoms with Crippen LogP contribution in [0.25, 0.3) is 0 Å². The van der Waals surface area contributed by atoms with Gasteiger partial charge in [-0.2, -0.15) is 4.98 Å². The van der Waals surface area contributed by atoms with Gasteiger partial charge in [-0.1, -0.05) is 24.2 Å². The number of hydrogen-bond donors (Lipinski definition) is 1. The third kappa shape index (κ3) is 3.66. The number of aromatic nitrogens is 3. The Morgan fingerprint density at radius 3 is 2.80 bits per heavy atom. The van der Waals surface area contributed by atoms with Crippen molar-refractivity contribution >= 4 is 5.91 Å². The van der Waals surface area contributed by atoms with E-state index in [4.69, 9.17) is 9.05 Å². The van der Waals surface area contributed by atoms with Gasteiger partial charge in [-0.05, 0) is 6.42 Å². The molecule has 2 heterocycles. The minimum absolute atomic E-state index is 0.258. The van der Waals surface area contributed by atoms with Gasteiger partial charge in [-0.25, -0.2) is 0 Å². The summed E-state index contributed by atoms with van der Waals surface area (Å²) in [6, 6.07) is 1.67. The van der Waals surface area contributed by atoms with Gasteiger partial charge in [-0.15, -0.1) is 0 Å². The zero-order valence-electron chi connectivity index (χ0n) is 11.7. The van der Waals surface area contributed by atoms with E-state index in [2.05, 4.69) is 20.6 Å². The maximum atomic E-state index is 11.8. The molecule has 0 aliphatic rings. The van der Waals surface area contributed by atoms with E-state index in [9.17, 15) is 4.79 Å². The first-order valence-corrected chi connectivity index (χ1v) is 6.78. The summed E-state index contributed by atoms with van der Waals surface area (Å²) in [7, 11) is 0. The lowest BCUT2D eigenvalue weighted by Crippen LogP contribution is -2.26. The van der Waals surface area contributed by atoms with E-state index in [1.54, 1.807) is 6.07 Å². The molecule has 0 spiro atoms. The number of nitrogens with zero attached hydrogens (tertiary/aromatic N) is 3.